The highest BCUT2D eigenvalue weighted by Gasteiger charge is 2.24. The van der Waals surface area contributed by atoms with Crippen LogP contribution in [-0.2, 0) is 0 Å². The first-order valence-electron chi connectivity index (χ1n) is 7.89. The summed E-state index contributed by atoms with van der Waals surface area (Å²) in [6.07, 6.45) is 0.632. The van der Waals surface area contributed by atoms with Crippen molar-refractivity contribution in [2.45, 2.75) is 6.92 Å². The van der Waals surface area contributed by atoms with Gasteiger partial charge in [0.15, 0.2) is 0 Å². The fourth-order valence-electron chi connectivity index (χ4n) is 3.13. The van der Waals surface area contributed by atoms with Crippen LogP contribution in [0.25, 0.3) is 0 Å². The van der Waals surface area contributed by atoms with Crippen molar-refractivity contribution in [3.8, 4) is 0 Å². The number of hydrogen-bond donors (Lipinski definition) is 0. The van der Waals surface area contributed by atoms with E-state index in [1.165, 1.54) is 17.3 Å². The summed E-state index contributed by atoms with van der Waals surface area (Å²) < 4.78 is 0. The number of benzene rings is 2. The number of piperazine rings is 1. The molecule has 1 aliphatic heterocycles. The van der Waals surface area contributed by atoms with Crippen molar-refractivity contribution in [1.82, 2.24) is 0 Å². The van der Waals surface area contributed by atoms with Crippen LogP contribution in [0.4, 0.5) is 17.1 Å². The van der Waals surface area contributed by atoms with E-state index in [2.05, 4.69) is 24.0 Å². The first kappa shape index (κ1) is 16.0. The summed E-state index contributed by atoms with van der Waals surface area (Å²) in [7, 11) is 0. The Kier molecular flexibility index (Phi) is 4.46. The van der Waals surface area contributed by atoms with Crippen LogP contribution in [0, 0.1) is 17.0 Å². The van der Waals surface area contributed by atoms with Crippen molar-refractivity contribution in [2.75, 3.05) is 36.0 Å². The minimum atomic E-state index is -0.421. The van der Waals surface area contributed by atoms with E-state index in [0.29, 0.717) is 30.6 Å². The second-order valence-electron chi connectivity index (χ2n) is 5.88. The van der Waals surface area contributed by atoms with Crippen molar-refractivity contribution in [1.29, 1.82) is 0 Å². The molecular formula is C18H19N3O3. The second-order valence-corrected chi connectivity index (χ2v) is 5.88. The van der Waals surface area contributed by atoms with Crippen LogP contribution >= 0.6 is 0 Å². The smallest absolute Gasteiger partial charge is 0.293 e. The number of nitro benzene ring substituents is 1. The van der Waals surface area contributed by atoms with Gasteiger partial charge in [-0.05, 0) is 30.7 Å². The first-order valence-corrected chi connectivity index (χ1v) is 7.89. The maximum atomic E-state index is 11.3. The maximum Gasteiger partial charge on any atom is 0.293 e. The van der Waals surface area contributed by atoms with Crippen molar-refractivity contribution in [2.24, 2.45) is 0 Å². The lowest BCUT2D eigenvalue weighted by molar-refractivity contribution is -0.384. The molecule has 0 spiro atoms. The predicted molar refractivity (Wildman–Crippen MR) is 94.1 cm³/mol. The number of aldehydes is 1. The minimum Gasteiger partial charge on any atom is -0.368 e. The molecule has 1 saturated heterocycles. The topological polar surface area (TPSA) is 66.7 Å². The predicted octanol–water partition coefficient (Wildman–Crippen LogP) is 3.04. The molecule has 0 amide bonds. The first-order chi connectivity index (χ1) is 11.6. The molecule has 1 aliphatic rings. The summed E-state index contributed by atoms with van der Waals surface area (Å²) in [5.41, 5.74) is 3.33. The Morgan fingerprint density at radius 1 is 1.00 bits per heavy atom. The molecular weight excluding hydrogens is 306 g/mol. The van der Waals surface area contributed by atoms with Crippen LogP contribution in [-0.4, -0.2) is 37.4 Å². The van der Waals surface area contributed by atoms with E-state index in [1.807, 2.05) is 17.0 Å². The van der Waals surface area contributed by atoms with Gasteiger partial charge in [0.05, 0.1) is 4.92 Å². The molecule has 0 saturated carbocycles. The molecule has 0 N–H and O–H groups in total. The van der Waals surface area contributed by atoms with Gasteiger partial charge in [0.25, 0.3) is 5.69 Å². The number of para-hydroxylation sites is 1. The maximum absolute atomic E-state index is 11.3. The van der Waals surface area contributed by atoms with Crippen molar-refractivity contribution in [3.05, 3.63) is 63.7 Å². The van der Waals surface area contributed by atoms with Crippen molar-refractivity contribution >= 4 is 23.3 Å². The van der Waals surface area contributed by atoms with Gasteiger partial charge in [-0.25, -0.2) is 0 Å². The van der Waals surface area contributed by atoms with Gasteiger partial charge in [0.2, 0.25) is 0 Å². The molecule has 1 fully saturated rings. The zero-order valence-corrected chi connectivity index (χ0v) is 13.5. The number of aryl methyl sites for hydroxylation is 1. The summed E-state index contributed by atoms with van der Waals surface area (Å²) in [5, 5.41) is 11.3. The highest BCUT2D eigenvalue weighted by atomic mass is 16.6. The van der Waals surface area contributed by atoms with Crippen LogP contribution < -0.4 is 9.80 Å². The molecule has 2 aromatic carbocycles. The SMILES string of the molecule is Cc1ccccc1N1CCN(c2ccc(C=O)cc2[N+](=O)[O-])CC1. The van der Waals surface area contributed by atoms with E-state index in [1.54, 1.807) is 12.1 Å². The van der Waals surface area contributed by atoms with Gasteiger partial charge in [-0.1, -0.05) is 18.2 Å². The lowest BCUT2D eigenvalue weighted by atomic mass is 10.1. The number of nitrogens with zero attached hydrogens (tertiary/aromatic N) is 3. The highest BCUT2D eigenvalue weighted by molar-refractivity contribution is 5.79. The summed E-state index contributed by atoms with van der Waals surface area (Å²) in [6, 6.07) is 12.9. The van der Waals surface area contributed by atoms with Crippen LogP contribution in [0.1, 0.15) is 15.9 Å². The van der Waals surface area contributed by atoms with Gasteiger partial charge < -0.3 is 9.80 Å². The van der Waals surface area contributed by atoms with E-state index in [9.17, 15) is 14.9 Å². The van der Waals surface area contributed by atoms with Crippen LogP contribution in [0.2, 0.25) is 0 Å². The number of carbonyl (C=O) groups excluding carboxylic acids is 1. The molecule has 0 atom stereocenters. The van der Waals surface area contributed by atoms with Gasteiger partial charge >= 0.3 is 0 Å². The van der Waals surface area contributed by atoms with Gasteiger partial charge in [0, 0.05) is 43.5 Å². The summed E-state index contributed by atoms with van der Waals surface area (Å²) in [5.74, 6) is 0. The molecule has 6 heteroatoms. The fourth-order valence-corrected chi connectivity index (χ4v) is 3.13. The molecule has 0 bridgehead atoms. The lowest BCUT2D eigenvalue weighted by Gasteiger charge is -2.37. The Balaban J connectivity index is 1.79. The van der Waals surface area contributed by atoms with E-state index in [0.717, 1.165) is 13.1 Å². The Bertz CT molecular complexity index is 768. The number of rotatable bonds is 4. The van der Waals surface area contributed by atoms with Gasteiger partial charge in [-0.2, -0.15) is 0 Å². The van der Waals surface area contributed by atoms with E-state index in [4.69, 9.17) is 0 Å². The molecule has 0 radical (unpaired) electrons. The minimum absolute atomic E-state index is 0.0102. The van der Waals surface area contributed by atoms with E-state index < -0.39 is 4.92 Å². The average Bonchev–Trinajstić information content (AvgIpc) is 2.62. The summed E-state index contributed by atoms with van der Waals surface area (Å²) >= 11 is 0. The number of carbonyl (C=O) groups is 1. The lowest BCUT2D eigenvalue weighted by Crippen LogP contribution is -2.46. The molecule has 0 unspecified atom stereocenters. The number of nitro groups is 1. The zero-order valence-electron chi connectivity index (χ0n) is 13.5. The Labute approximate surface area is 140 Å². The highest BCUT2D eigenvalue weighted by Crippen LogP contribution is 2.30. The molecule has 6 nitrogen and oxygen atoms in total. The van der Waals surface area contributed by atoms with Crippen molar-refractivity contribution in [3.63, 3.8) is 0 Å². The monoisotopic (exact) mass is 325 g/mol. The average molecular weight is 325 g/mol. The van der Waals surface area contributed by atoms with Gasteiger partial charge in [-0.15, -0.1) is 0 Å². The normalized spacial score (nSPS) is 14.5. The standard InChI is InChI=1S/C18H19N3O3/c1-14-4-2-3-5-16(14)19-8-10-20(11-9-19)17-7-6-15(13-22)12-18(17)21(23)24/h2-7,12-13H,8-11H2,1H3. The second kappa shape index (κ2) is 6.70. The largest absolute Gasteiger partial charge is 0.368 e. The molecule has 24 heavy (non-hydrogen) atoms. The number of anilines is 2. The molecule has 1 heterocycles. The van der Waals surface area contributed by atoms with Gasteiger partial charge in [0.1, 0.15) is 12.0 Å². The third-order valence-electron chi connectivity index (χ3n) is 4.41. The van der Waals surface area contributed by atoms with Gasteiger partial charge in [-0.3, -0.25) is 14.9 Å². The quantitative estimate of drug-likeness (QED) is 0.491. The zero-order chi connectivity index (χ0) is 17.1. The molecule has 0 aromatic heterocycles. The van der Waals surface area contributed by atoms with Crippen molar-refractivity contribution < 1.29 is 9.72 Å². The van der Waals surface area contributed by atoms with Crippen LogP contribution in [0.15, 0.2) is 42.5 Å². The number of hydrogen-bond acceptors (Lipinski definition) is 5. The fraction of sp³-hybridized carbons (Fsp3) is 0.278. The van der Waals surface area contributed by atoms with Crippen LogP contribution in [0.5, 0.6) is 0 Å². The molecule has 3 rings (SSSR count). The third kappa shape index (κ3) is 3.08. The molecule has 2 aromatic rings. The van der Waals surface area contributed by atoms with Crippen LogP contribution in [0.3, 0.4) is 0 Å². The van der Waals surface area contributed by atoms with E-state index in [-0.39, 0.29) is 5.69 Å². The Morgan fingerprint density at radius 3 is 2.21 bits per heavy atom. The molecule has 124 valence electrons. The Morgan fingerprint density at radius 2 is 1.62 bits per heavy atom. The molecule has 0 aliphatic carbocycles. The summed E-state index contributed by atoms with van der Waals surface area (Å²) in [6.45, 7) is 5.10. The van der Waals surface area contributed by atoms with E-state index >= 15 is 0 Å². The summed E-state index contributed by atoms with van der Waals surface area (Å²) in [4.78, 5) is 26.1. The third-order valence-corrected chi connectivity index (χ3v) is 4.41. The Hall–Kier alpha value is -2.89.